The number of benzene rings is 2. The molecule has 6 nitrogen and oxygen atoms in total. The maximum absolute atomic E-state index is 12.7. The number of amides is 2. The summed E-state index contributed by atoms with van der Waals surface area (Å²) >= 11 is 0. The van der Waals surface area contributed by atoms with Crippen molar-refractivity contribution in [2.45, 2.75) is 32.7 Å². The van der Waals surface area contributed by atoms with Gasteiger partial charge in [-0.1, -0.05) is 36.4 Å². The number of carbonyl (C=O) groups is 2. The summed E-state index contributed by atoms with van der Waals surface area (Å²) in [7, 11) is 0. The fourth-order valence-corrected chi connectivity index (χ4v) is 3.63. The van der Waals surface area contributed by atoms with E-state index >= 15 is 0 Å². The SMILES string of the molecule is Cc1nn(-c2ccccc2)c(C)c1CC(=O)N[C@H]1Cc2ccccc2NC1=O. The molecule has 4 rings (SSSR count). The second-order valence-corrected chi connectivity index (χ2v) is 7.04. The van der Waals surface area contributed by atoms with Gasteiger partial charge in [0, 0.05) is 23.4 Å². The van der Waals surface area contributed by atoms with Crippen molar-refractivity contribution in [3.8, 4) is 5.69 Å². The topological polar surface area (TPSA) is 76.0 Å². The van der Waals surface area contributed by atoms with E-state index in [0.717, 1.165) is 33.9 Å². The molecule has 6 heteroatoms. The fraction of sp³-hybridized carbons (Fsp3) is 0.227. The van der Waals surface area contributed by atoms with Crippen molar-refractivity contribution in [1.29, 1.82) is 0 Å². The summed E-state index contributed by atoms with van der Waals surface area (Å²) in [6, 6.07) is 16.9. The second kappa shape index (κ2) is 7.31. The zero-order chi connectivity index (χ0) is 19.7. The number of aryl methyl sites for hydroxylation is 1. The molecule has 1 aliphatic rings. The van der Waals surface area contributed by atoms with Gasteiger partial charge in [-0.05, 0) is 37.6 Å². The molecule has 142 valence electrons. The average molecular weight is 374 g/mol. The van der Waals surface area contributed by atoms with Gasteiger partial charge in [-0.15, -0.1) is 0 Å². The van der Waals surface area contributed by atoms with Crippen molar-refractivity contribution in [2.75, 3.05) is 5.32 Å². The van der Waals surface area contributed by atoms with Crippen molar-refractivity contribution < 1.29 is 9.59 Å². The summed E-state index contributed by atoms with van der Waals surface area (Å²) < 4.78 is 1.85. The Morgan fingerprint density at radius 3 is 2.64 bits per heavy atom. The van der Waals surface area contributed by atoms with Crippen molar-refractivity contribution in [3.05, 3.63) is 77.1 Å². The largest absolute Gasteiger partial charge is 0.344 e. The molecule has 1 aromatic heterocycles. The number of hydrogen-bond donors (Lipinski definition) is 2. The van der Waals surface area contributed by atoms with Crippen LogP contribution >= 0.6 is 0 Å². The third-order valence-electron chi connectivity index (χ3n) is 5.13. The van der Waals surface area contributed by atoms with E-state index in [1.165, 1.54) is 0 Å². The molecule has 1 aliphatic heterocycles. The van der Waals surface area contributed by atoms with Crippen LogP contribution in [0.1, 0.15) is 22.5 Å². The van der Waals surface area contributed by atoms with Gasteiger partial charge in [-0.3, -0.25) is 9.59 Å². The summed E-state index contributed by atoms with van der Waals surface area (Å²) in [5, 5.41) is 10.3. The van der Waals surface area contributed by atoms with Crippen molar-refractivity contribution in [3.63, 3.8) is 0 Å². The lowest BCUT2D eigenvalue weighted by Gasteiger charge is -2.25. The quantitative estimate of drug-likeness (QED) is 0.737. The lowest BCUT2D eigenvalue weighted by molar-refractivity contribution is -0.126. The summed E-state index contributed by atoms with van der Waals surface area (Å²) in [5.74, 6) is -0.362. The van der Waals surface area contributed by atoms with Crippen molar-refractivity contribution in [2.24, 2.45) is 0 Å². The first-order valence-electron chi connectivity index (χ1n) is 9.31. The number of aromatic nitrogens is 2. The summed E-state index contributed by atoms with van der Waals surface area (Å²) in [6.45, 7) is 3.86. The van der Waals surface area contributed by atoms with E-state index in [1.54, 1.807) is 0 Å². The molecule has 0 saturated heterocycles. The lowest BCUT2D eigenvalue weighted by atomic mass is 9.98. The number of para-hydroxylation sites is 2. The van der Waals surface area contributed by atoms with E-state index in [9.17, 15) is 9.59 Å². The average Bonchev–Trinajstić information content (AvgIpc) is 2.97. The molecule has 2 N–H and O–H groups in total. The molecule has 0 spiro atoms. The molecule has 0 radical (unpaired) electrons. The highest BCUT2D eigenvalue weighted by Gasteiger charge is 2.27. The predicted molar refractivity (Wildman–Crippen MR) is 107 cm³/mol. The van der Waals surface area contributed by atoms with Crippen LogP contribution in [0.5, 0.6) is 0 Å². The van der Waals surface area contributed by atoms with Gasteiger partial charge in [0.1, 0.15) is 6.04 Å². The predicted octanol–water partition coefficient (Wildman–Crippen LogP) is 2.71. The van der Waals surface area contributed by atoms with Gasteiger partial charge in [-0.2, -0.15) is 5.10 Å². The Bertz CT molecular complexity index is 1040. The Morgan fingerprint density at radius 1 is 1.14 bits per heavy atom. The molecule has 0 unspecified atom stereocenters. The number of rotatable bonds is 4. The number of carbonyl (C=O) groups excluding carboxylic acids is 2. The maximum Gasteiger partial charge on any atom is 0.247 e. The summed E-state index contributed by atoms with van der Waals surface area (Å²) in [4.78, 5) is 25.0. The van der Waals surface area contributed by atoms with E-state index in [1.807, 2.05) is 73.1 Å². The van der Waals surface area contributed by atoms with Crippen LogP contribution in [0.25, 0.3) is 5.69 Å². The monoisotopic (exact) mass is 374 g/mol. The normalized spacial score (nSPS) is 15.6. The van der Waals surface area contributed by atoms with Crippen LogP contribution in [0, 0.1) is 13.8 Å². The van der Waals surface area contributed by atoms with Crippen LogP contribution in [0.2, 0.25) is 0 Å². The maximum atomic E-state index is 12.7. The molecule has 0 saturated carbocycles. The third-order valence-corrected chi connectivity index (χ3v) is 5.13. The molecule has 28 heavy (non-hydrogen) atoms. The number of hydrogen-bond acceptors (Lipinski definition) is 3. The van der Waals surface area contributed by atoms with E-state index in [-0.39, 0.29) is 18.2 Å². The fourth-order valence-electron chi connectivity index (χ4n) is 3.63. The molecule has 0 fully saturated rings. The molecule has 0 aliphatic carbocycles. The molecule has 2 amide bonds. The van der Waals surface area contributed by atoms with Crippen LogP contribution < -0.4 is 10.6 Å². The number of anilines is 1. The third kappa shape index (κ3) is 3.41. The summed E-state index contributed by atoms with van der Waals surface area (Å²) in [5.41, 5.74) is 5.42. The zero-order valence-corrected chi connectivity index (χ0v) is 15.9. The molecule has 3 aromatic rings. The van der Waals surface area contributed by atoms with Gasteiger partial charge in [0.05, 0.1) is 17.8 Å². The Hall–Kier alpha value is -3.41. The standard InChI is InChI=1S/C22H22N4O2/c1-14-18(15(2)26(25-14)17-9-4-3-5-10-17)13-21(27)23-20-12-16-8-6-7-11-19(16)24-22(20)28/h3-11,20H,12-13H2,1-2H3,(H,23,27)(H,24,28)/t20-/m0/s1. The van der Waals surface area contributed by atoms with Gasteiger partial charge >= 0.3 is 0 Å². The Balaban J connectivity index is 1.49. The van der Waals surface area contributed by atoms with Crippen molar-refractivity contribution >= 4 is 17.5 Å². The molecular formula is C22H22N4O2. The van der Waals surface area contributed by atoms with E-state index in [4.69, 9.17) is 0 Å². The molecule has 2 aromatic carbocycles. The number of nitrogens with zero attached hydrogens (tertiary/aromatic N) is 2. The van der Waals surface area contributed by atoms with Crippen LogP contribution in [0.4, 0.5) is 5.69 Å². The van der Waals surface area contributed by atoms with Gasteiger partial charge in [-0.25, -0.2) is 4.68 Å². The highest BCUT2D eigenvalue weighted by atomic mass is 16.2. The highest BCUT2D eigenvalue weighted by molar-refractivity contribution is 6.00. The van der Waals surface area contributed by atoms with Gasteiger partial charge < -0.3 is 10.6 Å². The highest BCUT2D eigenvalue weighted by Crippen LogP contribution is 2.22. The Kier molecular flexibility index (Phi) is 4.69. The Labute approximate surface area is 163 Å². The van der Waals surface area contributed by atoms with Crippen LogP contribution in [0.3, 0.4) is 0 Å². The van der Waals surface area contributed by atoms with Gasteiger partial charge in [0.15, 0.2) is 0 Å². The van der Waals surface area contributed by atoms with Crippen molar-refractivity contribution in [1.82, 2.24) is 15.1 Å². The molecule has 2 heterocycles. The second-order valence-electron chi connectivity index (χ2n) is 7.04. The molecular weight excluding hydrogens is 352 g/mol. The first kappa shape index (κ1) is 18.0. The van der Waals surface area contributed by atoms with E-state index in [0.29, 0.717) is 6.42 Å². The van der Waals surface area contributed by atoms with Crippen LogP contribution in [-0.4, -0.2) is 27.6 Å². The van der Waals surface area contributed by atoms with Gasteiger partial charge in [0.2, 0.25) is 11.8 Å². The van der Waals surface area contributed by atoms with Gasteiger partial charge in [0.25, 0.3) is 0 Å². The first-order chi connectivity index (χ1) is 13.5. The minimum Gasteiger partial charge on any atom is -0.344 e. The van der Waals surface area contributed by atoms with E-state index < -0.39 is 6.04 Å². The lowest BCUT2D eigenvalue weighted by Crippen LogP contribution is -2.48. The summed E-state index contributed by atoms with van der Waals surface area (Å²) in [6.07, 6.45) is 0.685. The smallest absolute Gasteiger partial charge is 0.247 e. The molecule has 1 atom stereocenters. The molecule has 0 bridgehead atoms. The van der Waals surface area contributed by atoms with Crippen LogP contribution in [0.15, 0.2) is 54.6 Å². The minimum absolute atomic E-state index is 0.180. The van der Waals surface area contributed by atoms with Crippen LogP contribution in [-0.2, 0) is 22.4 Å². The Morgan fingerprint density at radius 2 is 1.86 bits per heavy atom. The number of nitrogens with one attached hydrogen (secondary N) is 2. The minimum atomic E-state index is -0.563. The number of fused-ring (bicyclic) bond motifs is 1. The first-order valence-corrected chi connectivity index (χ1v) is 9.31. The zero-order valence-electron chi connectivity index (χ0n) is 15.9. The van der Waals surface area contributed by atoms with E-state index in [2.05, 4.69) is 15.7 Å².